The van der Waals surface area contributed by atoms with E-state index in [9.17, 15) is 9.59 Å². The molecule has 0 aliphatic heterocycles. The van der Waals surface area contributed by atoms with E-state index in [1.165, 1.54) is 12.3 Å². The van der Waals surface area contributed by atoms with Gasteiger partial charge >= 0.3 is 12.0 Å². The third-order valence-corrected chi connectivity index (χ3v) is 2.62. The maximum absolute atomic E-state index is 12.3. The number of hydrogen-bond donors (Lipinski definition) is 2. The number of hydrogen-bond acceptors (Lipinski definition) is 3. The summed E-state index contributed by atoms with van der Waals surface area (Å²) in [5, 5.41) is 11.6. The highest BCUT2D eigenvalue weighted by Crippen LogP contribution is 2.17. The van der Waals surface area contributed by atoms with Crippen molar-refractivity contribution in [3.8, 4) is 0 Å². The summed E-state index contributed by atoms with van der Waals surface area (Å²) < 4.78 is 0. The van der Waals surface area contributed by atoms with Crippen molar-refractivity contribution in [1.29, 1.82) is 0 Å². The van der Waals surface area contributed by atoms with E-state index < -0.39 is 17.5 Å². The van der Waals surface area contributed by atoms with Gasteiger partial charge in [-0.2, -0.15) is 0 Å². The fourth-order valence-electron chi connectivity index (χ4n) is 1.65. The Kier molecular flexibility index (Phi) is 4.85. The Morgan fingerprint density at radius 1 is 1.50 bits per heavy atom. The van der Waals surface area contributed by atoms with Gasteiger partial charge in [-0.15, -0.1) is 6.58 Å². The van der Waals surface area contributed by atoms with Crippen molar-refractivity contribution in [2.75, 3.05) is 11.9 Å². The van der Waals surface area contributed by atoms with Crippen molar-refractivity contribution in [2.45, 2.75) is 26.3 Å². The van der Waals surface area contributed by atoms with Crippen LogP contribution in [0.15, 0.2) is 31.0 Å². The predicted molar refractivity (Wildman–Crippen MR) is 76.9 cm³/mol. The number of urea groups is 1. The molecule has 1 aromatic heterocycles. The van der Waals surface area contributed by atoms with Crippen LogP contribution in [0, 0.1) is 0 Å². The van der Waals surface area contributed by atoms with Crippen LogP contribution in [0.2, 0.25) is 0 Å². The first kappa shape index (κ1) is 15.7. The van der Waals surface area contributed by atoms with Crippen molar-refractivity contribution in [3.63, 3.8) is 0 Å². The van der Waals surface area contributed by atoms with Crippen LogP contribution in [0.5, 0.6) is 0 Å². The Hall–Kier alpha value is -2.37. The van der Waals surface area contributed by atoms with Gasteiger partial charge in [-0.1, -0.05) is 6.08 Å². The van der Waals surface area contributed by atoms with E-state index in [1.54, 1.807) is 17.0 Å². The number of amides is 2. The highest BCUT2D eigenvalue weighted by atomic mass is 16.4. The number of aromatic nitrogens is 1. The van der Waals surface area contributed by atoms with Gasteiger partial charge in [0.15, 0.2) is 5.69 Å². The number of nitrogens with one attached hydrogen (secondary N) is 1. The lowest BCUT2D eigenvalue weighted by Gasteiger charge is -2.34. The van der Waals surface area contributed by atoms with Crippen molar-refractivity contribution >= 4 is 17.7 Å². The zero-order valence-electron chi connectivity index (χ0n) is 11.9. The van der Waals surface area contributed by atoms with E-state index in [1.807, 2.05) is 20.8 Å². The van der Waals surface area contributed by atoms with Gasteiger partial charge in [0.1, 0.15) is 0 Å². The number of nitrogens with zero attached hydrogens (tertiary/aromatic N) is 2. The molecule has 0 aliphatic carbocycles. The minimum Gasteiger partial charge on any atom is -0.476 e. The molecule has 0 spiro atoms. The summed E-state index contributed by atoms with van der Waals surface area (Å²) in [6.45, 7) is 9.64. The van der Waals surface area contributed by atoms with E-state index >= 15 is 0 Å². The van der Waals surface area contributed by atoms with Crippen LogP contribution >= 0.6 is 0 Å². The number of aromatic carboxylic acids is 1. The zero-order valence-corrected chi connectivity index (χ0v) is 11.9. The molecule has 0 saturated heterocycles. The zero-order chi connectivity index (χ0) is 15.3. The molecule has 1 heterocycles. The van der Waals surface area contributed by atoms with E-state index in [-0.39, 0.29) is 11.4 Å². The summed E-state index contributed by atoms with van der Waals surface area (Å²) in [7, 11) is 0. The molecule has 2 N–H and O–H groups in total. The normalized spacial score (nSPS) is 10.8. The minimum absolute atomic E-state index is 0.170. The molecule has 0 fully saturated rings. The number of rotatable bonds is 4. The largest absolute Gasteiger partial charge is 0.476 e. The average Bonchev–Trinajstić information content (AvgIpc) is 2.34. The smallest absolute Gasteiger partial charge is 0.356 e. The van der Waals surface area contributed by atoms with Gasteiger partial charge < -0.3 is 15.3 Å². The maximum Gasteiger partial charge on any atom is 0.356 e. The molecular formula is C14H19N3O3. The molecule has 20 heavy (non-hydrogen) atoms. The van der Waals surface area contributed by atoms with Gasteiger partial charge in [-0.25, -0.2) is 14.6 Å². The molecule has 0 aliphatic rings. The standard InChI is InChI=1S/C14H19N3O3/c1-5-9-17(14(2,3)4)13(20)16-10-7-6-8-15-11(10)12(18)19/h5-8H,1,9H2,2-4H3,(H,16,20)(H,18,19). The van der Waals surface area contributed by atoms with Gasteiger partial charge in [-0.05, 0) is 32.9 Å². The monoisotopic (exact) mass is 277 g/mol. The first-order valence-corrected chi connectivity index (χ1v) is 6.15. The molecule has 2 amide bonds. The van der Waals surface area contributed by atoms with Crippen LogP contribution in [-0.4, -0.2) is 39.1 Å². The van der Waals surface area contributed by atoms with Gasteiger partial charge in [-0.3, -0.25) is 0 Å². The number of carboxylic acids is 1. The molecule has 0 bridgehead atoms. The second kappa shape index (κ2) is 6.18. The molecule has 6 nitrogen and oxygen atoms in total. The highest BCUT2D eigenvalue weighted by Gasteiger charge is 2.26. The first-order chi connectivity index (χ1) is 9.27. The summed E-state index contributed by atoms with van der Waals surface area (Å²) in [6.07, 6.45) is 2.98. The second-order valence-electron chi connectivity index (χ2n) is 5.20. The molecular weight excluding hydrogens is 258 g/mol. The lowest BCUT2D eigenvalue weighted by Crippen LogP contribution is -2.47. The van der Waals surface area contributed by atoms with Crippen LogP contribution in [0.25, 0.3) is 0 Å². The van der Waals surface area contributed by atoms with E-state index in [0.717, 1.165) is 0 Å². The Morgan fingerprint density at radius 2 is 2.15 bits per heavy atom. The van der Waals surface area contributed by atoms with Gasteiger partial charge in [0.2, 0.25) is 0 Å². The second-order valence-corrected chi connectivity index (χ2v) is 5.20. The van der Waals surface area contributed by atoms with Crippen LogP contribution in [0.4, 0.5) is 10.5 Å². The number of carboxylic acid groups (broad SMARTS) is 1. The Morgan fingerprint density at radius 3 is 2.65 bits per heavy atom. The fraction of sp³-hybridized carbons (Fsp3) is 0.357. The molecule has 0 radical (unpaired) electrons. The third-order valence-electron chi connectivity index (χ3n) is 2.62. The summed E-state index contributed by atoms with van der Waals surface area (Å²) in [5.74, 6) is -1.19. The quantitative estimate of drug-likeness (QED) is 0.829. The highest BCUT2D eigenvalue weighted by molar-refractivity contribution is 5.98. The molecule has 1 aromatic rings. The summed E-state index contributed by atoms with van der Waals surface area (Å²) >= 11 is 0. The third kappa shape index (κ3) is 3.81. The molecule has 6 heteroatoms. The lowest BCUT2D eigenvalue weighted by atomic mass is 10.1. The van der Waals surface area contributed by atoms with Crippen molar-refractivity contribution in [2.24, 2.45) is 0 Å². The minimum atomic E-state index is -1.19. The van der Waals surface area contributed by atoms with Crippen LogP contribution in [0.3, 0.4) is 0 Å². The molecule has 0 saturated carbocycles. The number of carbonyl (C=O) groups is 2. The number of anilines is 1. The maximum atomic E-state index is 12.3. The van der Waals surface area contributed by atoms with Crippen LogP contribution in [-0.2, 0) is 0 Å². The predicted octanol–water partition coefficient (Wildman–Crippen LogP) is 2.60. The summed E-state index contributed by atoms with van der Waals surface area (Å²) in [5.41, 5.74) is -0.430. The number of pyridine rings is 1. The van der Waals surface area contributed by atoms with E-state index in [4.69, 9.17) is 5.11 Å². The van der Waals surface area contributed by atoms with Gasteiger partial charge in [0.25, 0.3) is 0 Å². The summed E-state index contributed by atoms with van der Waals surface area (Å²) in [4.78, 5) is 28.6. The topological polar surface area (TPSA) is 82.5 Å². The van der Waals surface area contributed by atoms with Crippen LogP contribution in [0.1, 0.15) is 31.3 Å². The van der Waals surface area contributed by atoms with Crippen molar-refractivity contribution in [1.82, 2.24) is 9.88 Å². The van der Waals surface area contributed by atoms with Gasteiger partial charge in [0, 0.05) is 18.3 Å². The number of carbonyl (C=O) groups excluding carboxylic acids is 1. The van der Waals surface area contributed by atoms with Crippen molar-refractivity contribution in [3.05, 3.63) is 36.7 Å². The van der Waals surface area contributed by atoms with Crippen molar-refractivity contribution < 1.29 is 14.7 Å². The first-order valence-electron chi connectivity index (χ1n) is 6.15. The molecule has 1 rings (SSSR count). The van der Waals surface area contributed by atoms with Gasteiger partial charge in [0.05, 0.1) is 5.69 Å². The average molecular weight is 277 g/mol. The Bertz CT molecular complexity index is 521. The molecule has 108 valence electrons. The lowest BCUT2D eigenvalue weighted by molar-refractivity contribution is 0.0691. The van der Waals surface area contributed by atoms with Crippen LogP contribution < -0.4 is 5.32 Å². The van der Waals surface area contributed by atoms with E-state index in [0.29, 0.717) is 6.54 Å². The summed E-state index contributed by atoms with van der Waals surface area (Å²) in [6, 6.07) is 2.67. The SMILES string of the molecule is C=CCN(C(=O)Nc1cccnc1C(=O)O)C(C)(C)C. The molecule has 0 unspecified atom stereocenters. The Labute approximate surface area is 118 Å². The Balaban J connectivity index is 3.00. The van der Waals surface area contributed by atoms with E-state index in [2.05, 4.69) is 16.9 Å². The fourth-order valence-corrected chi connectivity index (χ4v) is 1.65. The molecule has 0 aromatic carbocycles. The molecule has 0 atom stereocenters.